The lowest BCUT2D eigenvalue weighted by atomic mass is 11.0. The van der Waals surface area contributed by atoms with Crippen molar-refractivity contribution in [2.45, 2.75) is 0 Å². The summed E-state index contributed by atoms with van der Waals surface area (Å²) in [6.07, 6.45) is 3.07. The normalized spacial score (nSPS) is 8.67. The van der Waals surface area contributed by atoms with Crippen LogP contribution < -0.4 is 0 Å². The monoisotopic (exact) mass is 100.0 g/mol. The predicted molar refractivity (Wildman–Crippen MR) is 23.0 cm³/mol. The molecular weight excluding hydrogens is 98.1 g/mol. The molecule has 1 aromatic heterocycles. The minimum atomic E-state index is 1.08. The summed E-state index contributed by atoms with van der Waals surface area (Å²) in [6, 6.07) is 0. The summed E-state index contributed by atoms with van der Waals surface area (Å²) in [5, 5.41) is 7.07. The van der Waals surface area contributed by atoms with Gasteiger partial charge in [-0.3, -0.25) is 0 Å². The van der Waals surface area contributed by atoms with Crippen molar-refractivity contribution in [1.82, 2.24) is 14.4 Å². The molecule has 0 aromatic carbocycles. The molecule has 0 saturated carbocycles. The summed E-state index contributed by atoms with van der Waals surface area (Å²) in [5.74, 6) is 0. The number of rotatable bonds is 0. The average molecular weight is 100 g/mol. The predicted octanol–water partition coefficient (Wildman–Crippen LogP) is 0.239. The van der Waals surface area contributed by atoms with E-state index in [1.165, 1.54) is 12.4 Å². The van der Waals surface area contributed by atoms with Crippen molar-refractivity contribution in [1.29, 1.82) is 0 Å². The van der Waals surface area contributed by atoms with Crippen LogP contribution in [0.3, 0.4) is 0 Å². The van der Waals surface area contributed by atoms with E-state index in [1.807, 2.05) is 0 Å². The molecule has 4 heteroatoms. The second kappa shape index (κ2) is 1.22. The van der Waals surface area contributed by atoms with Gasteiger partial charge in [0.25, 0.3) is 0 Å². The van der Waals surface area contributed by atoms with Gasteiger partial charge in [0, 0.05) is 0 Å². The van der Waals surface area contributed by atoms with Crippen LogP contribution in [0.5, 0.6) is 0 Å². The van der Waals surface area contributed by atoms with Crippen LogP contribution >= 0.6 is 12.8 Å². The smallest absolute Gasteiger partial charge is 0.0707 e. The van der Waals surface area contributed by atoms with E-state index in [9.17, 15) is 0 Å². The van der Waals surface area contributed by atoms with Crippen molar-refractivity contribution >= 4 is 12.8 Å². The molecule has 1 rings (SSSR count). The van der Waals surface area contributed by atoms with Crippen LogP contribution in [-0.4, -0.2) is 14.4 Å². The zero-order valence-corrected chi connectivity index (χ0v) is 3.72. The Hall–Kier alpha value is -0.640. The molecule has 0 aliphatic heterocycles. The fraction of sp³-hybridized carbons (Fsp3) is 0. The van der Waals surface area contributed by atoms with Gasteiger partial charge in [0.05, 0.1) is 25.2 Å². The highest BCUT2D eigenvalue weighted by Gasteiger charge is 1.74. The van der Waals surface area contributed by atoms with Gasteiger partial charge in [0.15, 0.2) is 0 Å². The fourth-order valence-electron chi connectivity index (χ4n) is 0.204. The van der Waals surface area contributed by atoms with Crippen LogP contribution in [0.15, 0.2) is 12.4 Å². The van der Waals surface area contributed by atoms with Crippen molar-refractivity contribution < 1.29 is 0 Å². The van der Waals surface area contributed by atoms with E-state index in [4.69, 9.17) is 0 Å². The van der Waals surface area contributed by atoms with Crippen molar-refractivity contribution in [3.8, 4) is 0 Å². The lowest BCUT2D eigenvalue weighted by Crippen LogP contribution is -1.80. The summed E-state index contributed by atoms with van der Waals surface area (Å²) in [7, 11) is 0. The van der Waals surface area contributed by atoms with E-state index >= 15 is 0 Å². The minimum absolute atomic E-state index is 1.08. The summed E-state index contributed by atoms with van der Waals surface area (Å²) in [5.41, 5.74) is 0. The fourth-order valence-corrected chi connectivity index (χ4v) is 0.312. The number of nitrogens with zero attached hydrogens (tertiary/aromatic N) is 3. The number of hydrogen-bond acceptors (Lipinski definition) is 2. The summed E-state index contributed by atoms with van der Waals surface area (Å²) in [6.45, 7) is 0. The van der Waals surface area contributed by atoms with Gasteiger partial charge in [-0.2, -0.15) is 0 Å². The number of aromatic nitrogens is 3. The summed E-state index contributed by atoms with van der Waals surface area (Å²) < 4.78 is 1.08. The van der Waals surface area contributed by atoms with Crippen molar-refractivity contribution in [2.75, 3.05) is 0 Å². The van der Waals surface area contributed by atoms with Crippen LogP contribution in [0.2, 0.25) is 0 Å². The highest BCUT2D eigenvalue weighted by atomic mass is 32.1. The van der Waals surface area contributed by atoms with Gasteiger partial charge in [-0.1, -0.05) is 4.20 Å². The van der Waals surface area contributed by atoms with Crippen molar-refractivity contribution in [2.24, 2.45) is 0 Å². The Kier molecular flexibility index (Phi) is 0.719. The van der Waals surface area contributed by atoms with Gasteiger partial charge < -0.3 is 0 Å². The maximum absolute atomic E-state index is 4.44. The van der Waals surface area contributed by atoms with E-state index in [1.54, 1.807) is 0 Å². The molecule has 1 radical (unpaired) electrons. The average Bonchev–Trinajstić information content (AvgIpc) is 1.86. The highest BCUT2D eigenvalue weighted by Crippen LogP contribution is 1.74. The summed E-state index contributed by atoms with van der Waals surface area (Å²) >= 11 is 4.44. The third-order valence-corrected chi connectivity index (χ3v) is 0.586. The lowest BCUT2D eigenvalue weighted by molar-refractivity contribution is 0.872. The first-order valence-electron chi connectivity index (χ1n) is 1.43. The highest BCUT2D eigenvalue weighted by molar-refractivity contribution is 7.78. The molecule has 0 bridgehead atoms. The molecular formula is C2H2N3S. The molecule has 0 atom stereocenters. The van der Waals surface area contributed by atoms with E-state index in [-0.39, 0.29) is 0 Å². The Balaban J connectivity index is 3.05. The molecule has 0 spiro atoms. The van der Waals surface area contributed by atoms with Crippen LogP contribution in [0.25, 0.3) is 0 Å². The Labute approximate surface area is 40.5 Å². The lowest BCUT2D eigenvalue weighted by Gasteiger charge is -1.69. The molecule has 0 amide bonds. The molecule has 0 unspecified atom stereocenters. The molecule has 1 heterocycles. The number of hydrogen-bond donors (Lipinski definition) is 0. The topological polar surface area (TPSA) is 30.7 Å². The Morgan fingerprint density at radius 1 is 1.33 bits per heavy atom. The first-order chi connectivity index (χ1) is 2.89. The third kappa shape index (κ3) is 0.463. The second-order valence-corrected chi connectivity index (χ2v) is 1.11. The molecule has 0 aliphatic carbocycles. The third-order valence-electron chi connectivity index (χ3n) is 0.398. The molecule has 3 nitrogen and oxygen atoms in total. The molecule has 0 aliphatic rings. The molecule has 0 fully saturated rings. The quantitative estimate of drug-likeness (QED) is 0.467. The second-order valence-electron chi connectivity index (χ2n) is 0.782. The first kappa shape index (κ1) is 3.55. The van der Waals surface area contributed by atoms with Crippen molar-refractivity contribution in [3.05, 3.63) is 12.4 Å². The maximum Gasteiger partial charge on any atom is 0.0707 e. The zero-order valence-electron chi connectivity index (χ0n) is 2.90. The molecule has 0 N–H and O–H groups in total. The maximum atomic E-state index is 4.44. The van der Waals surface area contributed by atoms with Gasteiger partial charge in [0.2, 0.25) is 0 Å². The largest absolute Gasteiger partial charge is 0.146 e. The van der Waals surface area contributed by atoms with Crippen LogP contribution in [0.4, 0.5) is 0 Å². The standard InChI is InChI=1S/C2H2N3S/c6-5-3-1-2-4-5/h1-2H. The van der Waals surface area contributed by atoms with Gasteiger partial charge in [-0.15, -0.1) is 10.2 Å². The Morgan fingerprint density at radius 2 is 1.83 bits per heavy atom. The minimum Gasteiger partial charge on any atom is -0.146 e. The molecule has 0 saturated heterocycles. The van der Waals surface area contributed by atoms with Gasteiger partial charge in [-0.05, 0) is 0 Å². The van der Waals surface area contributed by atoms with Crippen LogP contribution in [-0.2, 0) is 0 Å². The van der Waals surface area contributed by atoms with Crippen LogP contribution in [0, 0.1) is 0 Å². The zero-order chi connectivity index (χ0) is 4.41. The molecule has 31 valence electrons. The first-order valence-corrected chi connectivity index (χ1v) is 1.80. The van der Waals surface area contributed by atoms with E-state index < -0.39 is 0 Å². The van der Waals surface area contributed by atoms with E-state index in [0.717, 1.165) is 4.20 Å². The van der Waals surface area contributed by atoms with Crippen molar-refractivity contribution in [3.63, 3.8) is 0 Å². The van der Waals surface area contributed by atoms with Gasteiger partial charge in [-0.25, -0.2) is 0 Å². The molecule has 6 heavy (non-hydrogen) atoms. The Bertz CT molecular complexity index is 112. The molecule has 1 aromatic rings. The SMILES string of the molecule is [S]n1nccn1. The van der Waals surface area contributed by atoms with Crippen LogP contribution in [0.1, 0.15) is 0 Å². The van der Waals surface area contributed by atoms with Gasteiger partial charge >= 0.3 is 0 Å². The summed E-state index contributed by atoms with van der Waals surface area (Å²) in [4.78, 5) is 0. The van der Waals surface area contributed by atoms with E-state index in [2.05, 4.69) is 23.0 Å². The van der Waals surface area contributed by atoms with E-state index in [0.29, 0.717) is 0 Å². The van der Waals surface area contributed by atoms with Gasteiger partial charge in [0.1, 0.15) is 0 Å². The Morgan fingerprint density at radius 3 is 2.00 bits per heavy atom.